The third-order valence-corrected chi connectivity index (χ3v) is 2.70. The van der Waals surface area contributed by atoms with Gasteiger partial charge in [-0.25, -0.2) is 0 Å². The first-order valence-corrected chi connectivity index (χ1v) is 5.31. The average Bonchev–Trinajstić information content (AvgIpc) is 2.69. The minimum absolute atomic E-state index is 0.0544. The van der Waals surface area contributed by atoms with E-state index in [9.17, 15) is 4.79 Å². The van der Waals surface area contributed by atoms with Crippen molar-refractivity contribution in [1.29, 1.82) is 0 Å². The molecule has 0 saturated carbocycles. The summed E-state index contributed by atoms with van der Waals surface area (Å²) in [7, 11) is 0. The largest absolute Gasteiger partial charge is 0.287 e. The van der Waals surface area contributed by atoms with E-state index in [-0.39, 0.29) is 5.78 Å². The minimum Gasteiger partial charge on any atom is -0.287 e. The van der Waals surface area contributed by atoms with E-state index in [1.165, 1.54) is 6.20 Å². The van der Waals surface area contributed by atoms with Crippen molar-refractivity contribution in [3.05, 3.63) is 46.8 Å². The Balaban J connectivity index is 2.42. The van der Waals surface area contributed by atoms with Gasteiger partial charge in [0, 0.05) is 5.56 Å². The van der Waals surface area contributed by atoms with Gasteiger partial charge in [0.2, 0.25) is 5.78 Å². The van der Waals surface area contributed by atoms with Crippen LogP contribution in [0.3, 0.4) is 0 Å². The molecule has 0 radical (unpaired) electrons. The fraction of sp³-hybridized carbons (Fsp3) is 0.182. The third-order valence-electron chi connectivity index (χ3n) is 2.22. The number of hydrogen-bond acceptors (Lipinski definition) is 4. The van der Waals surface area contributed by atoms with E-state index in [0.717, 1.165) is 22.9 Å². The highest BCUT2D eigenvalue weighted by molar-refractivity contribution is 6.99. The number of aryl methyl sites for hydroxylation is 2. The number of carbonyl (C=O) groups excluding carboxylic acids is 1. The van der Waals surface area contributed by atoms with Crippen LogP contribution in [0, 0.1) is 13.8 Å². The molecule has 0 aliphatic rings. The molecule has 2 aromatic rings. The zero-order chi connectivity index (χ0) is 10.8. The number of nitrogens with zero attached hydrogens (tertiary/aromatic N) is 2. The second-order valence-corrected chi connectivity index (χ2v) is 4.00. The maximum atomic E-state index is 11.9. The highest BCUT2D eigenvalue weighted by atomic mass is 32.1. The summed E-state index contributed by atoms with van der Waals surface area (Å²) in [6.07, 6.45) is 1.51. The zero-order valence-electron chi connectivity index (χ0n) is 8.52. The average molecular weight is 218 g/mol. The summed E-state index contributed by atoms with van der Waals surface area (Å²) in [6.45, 7) is 3.94. The molecule has 0 aliphatic carbocycles. The SMILES string of the molecule is Cc1ccc(C(=O)c2cnsn2)c(C)c1. The van der Waals surface area contributed by atoms with Crippen LogP contribution in [-0.4, -0.2) is 14.5 Å². The lowest BCUT2D eigenvalue weighted by molar-refractivity contribution is 0.103. The van der Waals surface area contributed by atoms with Crippen molar-refractivity contribution >= 4 is 17.5 Å². The summed E-state index contributed by atoms with van der Waals surface area (Å²) in [5.41, 5.74) is 3.26. The molecule has 0 atom stereocenters. The second kappa shape index (κ2) is 3.90. The first-order valence-electron chi connectivity index (χ1n) is 4.58. The van der Waals surface area contributed by atoms with Crippen molar-refractivity contribution in [3.63, 3.8) is 0 Å². The van der Waals surface area contributed by atoms with Gasteiger partial charge in [-0.1, -0.05) is 23.8 Å². The third kappa shape index (κ3) is 1.94. The van der Waals surface area contributed by atoms with Gasteiger partial charge in [0.05, 0.1) is 17.9 Å². The molecule has 76 valence electrons. The van der Waals surface area contributed by atoms with Gasteiger partial charge in [-0.05, 0) is 19.4 Å². The van der Waals surface area contributed by atoms with Gasteiger partial charge in [0.15, 0.2) is 0 Å². The molecule has 0 N–H and O–H groups in total. The molecule has 0 bridgehead atoms. The molecule has 0 unspecified atom stereocenters. The molecular weight excluding hydrogens is 208 g/mol. The van der Waals surface area contributed by atoms with Gasteiger partial charge in [0.25, 0.3) is 0 Å². The van der Waals surface area contributed by atoms with Crippen LogP contribution in [0.1, 0.15) is 27.2 Å². The molecule has 4 heteroatoms. The molecule has 2 rings (SSSR count). The molecule has 0 fully saturated rings. The number of rotatable bonds is 2. The maximum absolute atomic E-state index is 11.9. The standard InChI is InChI=1S/C11H10N2OS/c1-7-3-4-9(8(2)5-7)11(14)10-6-12-15-13-10/h3-6H,1-2H3. The molecule has 3 nitrogen and oxygen atoms in total. The Morgan fingerprint density at radius 3 is 2.73 bits per heavy atom. The number of aromatic nitrogens is 2. The molecular formula is C11H10N2OS. The molecule has 0 amide bonds. The van der Waals surface area contributed by atoms with Crippen LogP contribution in [0.15, 0.2) is 24.4 Å². The fourth-order valence-corrected chi connectivity index (χ4v) is 1.88. The lowest BCUT2D eigenvalue weighted by atomic mass is 10.0. The van der Waals surface area contributed by atoms with Gasteiger partial charge in [-0.3, -0.25) is 4.79 Å². The minimum atomic E-state index is -0.0544. The van der Waals surface area contributed by atoms with Crippen LogP contribution in [-0.2, 0) is 0 Å². The molecule has 0 spiro atoms. The van der Waals surface area contributed by atoms with Crippen LogP contribution < -0.4 is 0 Å². The number of benzene rings is 1. The summed E-state index contributed by atoms with van der Waals surface area (Å²) in [5.74, 6) is -0.0544. The van der Waals surface area contributed by atoms with Crippen molar-refractivity contribution in [2.24, 2.45) is 0 Å². The first kappa shape index (κ1) is 9.98. The van der Waals surface area contributed by atoms with E-state index in [4.69, 9.17) is 0 Å². The van der Waals surface area contributed by atoms with Crippen LogP contribution in [0.25, 0.3) is 0 Å². The zero-order valence-corrected chi connectivity index (χ0v) is 9.34. The van der Waals surface area contributed by atoms with Gasteiger partial charge in [-0.15, -0.1) is 0 Å². The van der Waals surface area contributed by atoms with Gasteiger partial charge in [-0.2, -0.15) is 8.75 Å². The van der Waals surface area contributed by atoms with E-state index in [1.54, 1.807) is 0 Å². The Kier molecular flexibility index (Phi) is 2.60. The summed E-state index contributed by atoms with van der Waals surface area (Å²) in [6, 6.07) is 5.76. The van der Waals surface area contributed by atoms with Gasteiger partial charge < -0.3 is 0 Å². The molecule has 1 heterocycles. The Morgan fingerprint density at radius 2 is 2.13 bits per heavy atom. The van der Waals surface area contributed by atoms with Crippen molar-refractivity contribution in [3.8, 4) is 0 Å². The highest BCUT2D eigenvalue weighted by Gasteiger charge is 2.13. The first-order chi connectivity index (χ1) is 7.18. The fourth-order valence-electron chi connectivity index (χ4n) is 1.47. The smallest absolute Gasteiger partial charge is 0.214 e. The molecule has 0 aliphatic heterocycles. The quantitative estimate of drug-likeness (QED) is 0.727. The Morgan fingerprint density at radius 1 is 1.33 bits per heavy atom. The van der Waals surface area contributed by atoms with Crippen molar-refractivity contribution in [2.45, 2.75) is 13.8 Å². The number of carbonyl (C=O) groups is 1. The van der Waals surface area contributed by atoms with Crippen LogP contribution in [0.4, 0.5) is 0 Å². The Labute approximate surface area is 92.1 Å². The Hall–Kier alpha value is -1.55. The van der Waals surface area contributed by atoms with E-state index in [1.807, 2.05) is 32.0 Å². The molecule has 1 aromatic carbocycles. The van der Waals surface area contributed by atoms with Gasteiger partial charge >= 0.3 is 0 Å². The van der Waals surface area contributed by atoms with Crippen molar-refractivity contribution in [2.75, 3.05) is 0 Å². The lowest BCUT2D eigenvalue weighted by Crippen LogP contribution is -2.03. The Bertz CT molecular complexity index is 491. The summed E-state index contributed by atoms with van der Waals surface area (Å²) < 4.78 is 7.76. The molecule has 1 aromatic heterocycles. The van der Waals surface area contributed by atoms with Crippen LogP contribution in [0.5, 0.6) is 0 Å². The van der Waals surface area contributed by atoms with E-state index < -0.39 is 0 Å². The maximum Gasteiger partial charge on any atom is 0.214 e. The predicted molar refractivity (Wildman–Crippen MR) is 59.3 cm³/mol. The highest BCUT2D eigenvalue weighted by Crippen LogP contribution is 2.14. The number of ketones is 1. The summed E-state index contributed by atoms with van der Waals surface area (Å²) >= 11 is 1.05. The van der Waals surface area contributed by atoms with E-state index in [0.29, 0.717) is 11.3 Å². The molecule has 15 heavy (non-hydrogen) atoms. The van der Waals surface area contributed by atoms with Crippen LogP contribution >= 0.6 is 11.7 Å². The van der Waals surface area contributed by atoms with Crippen LogP contribution in [0.2, 0.25) is 0 Å². The predicted octanol–water partition coefficient (Wildman–Crippen LogP) is 2.39. The topological polar surface area (TPSA) is 42.9 Å². The lowest BCUT2D eigenvalue weighted by Gasteiger charge is -2.03. The van der Waals surface area contributed by atoms with E-state index >= 15 is 0 Å². The van der Waals surface area contributed by atoms with Gasteiger partial charge in [0.1, 0.15) is 5.69 Å². The normalized spacial score (nSPS) is 10.3. The number of hydrogen-bond donors (Lipinski definition) is 0. The summed E-state index contributed by atoms with van der Waals surface area (Å²) in [5, 5.41) is 0. The second-order valence-electron chi connectivity index (χ2n) is 3.44. The monoisotopic (exact) mass is 218 g/mol. The van der Waals surface area contributed by atoms with Crippen molar-refractivity contribution in [1.82, 2.24) is 8.75 Å². The van der Waals surface area contributed by atoms with Crippen molar-refractivity contribution < 1.29 is 4.79 Å². The molecule has 0 saturated heterocycles. The summed E-state index contributed by atoms with van der Waals surface area (Å²) in [4.78, 5) is 11.9. The van der Waals surface area contributed by atoms with E-state index in [2.05, 4.69) is 8.75 Å².